The van der Waals surface area contributed by atoms with E-state index in [0.29, 0.717) is 4.64 Å². The number of hydrogen-bond acceptors (Lipinski definition) is 3. The van der Waals surface area contributed by atoms with E-state index in [-0.39, 0.29) is 0 Å². The highest BCUT2D eigenvalue weighted by atomic mass is 79.9. The van der Waals surface area contributed by atoms with Crippen LogP contribution in [0.5, 0.6) is 0 Å². The second-order valence-corrected chi connectivity index (χ2v) is 4.40. The zero-order valence-electron chi connectivity index (χ0n) is 8.30. The number of nitrogens with one attached hydrogen (secondary N) is 1. The first-order chi connectivity index (χ1) is 7.09. The largest absolute Gasteiger partial charge is 0.469 e. The van der Waals surface area contributed by atoms with E-state index >= 15 is 0 Å². The van der Waals surface area contributed by atoms with Gasteiger partial charge in [0.05, 0.1) is 16.3 Å². The molecule has 3 nitrogen and oxygen atoms in total. The fraction of sp³-hybridized carbons (Fsp3) is 0.200. The van der Waals surface area contributed by atoms with Crippen molar-refractivity contribution in [3.05, 3.63) is 32.9 Å². The maximum absolute atomic E-state index is 5.22. The molecule has 2 aromatic heterocycles. The fourth-order valence-electron chi connectivity index (χ4n) is 1.33. The Bertz CT molecular complexity index is 559. The molecule has 0 aliphatic heterocycles. The van der Waals surface area contributed by atoms with Crippen molar-refractivity contribution in [1.29, 1.82) is 0 Å². The summed E-state index contributed by atoms with van der Waals surface area (Å²) in [6.07, 6.45) is 1.64. The molecule has 15 heavy (non-hydrogen) atoms. The molecule has 0 fully saturated rings. The number of furan rings is 1. The van der Waals surface area contributed by atoms with Gasteiger partial charge in [0.25, 0.3) is 0 Å². The minimum Gasteiger partial charge on any atom is -0.469 e. The monoisotopic (exact) mass is 284 g/mol. The van der Waals surface area contributed by atoms with Crippen molar-refractivity contribution in [2.75, 3.05) is 0 Å². The van der Waals surface area contributed by atoms with Gasteiger partial charge in [0.2, 0.25) is 0 Å². The van der Waals surface area contributed by atoms with Crippen LogP contribution in [0.1, 0.15) is 11.5 Å². The normalized spacial score (nSPS) is 10.6. The zero-order valence-corrected chi connectivity index (χ0v) is 10.7. The van der Waals surface area contributed by atoms with Gasteiger partial charge in [-0.15, -0.1) is 0 Å². The zero-order chi connectivity index (χ0) is 11.0. The smallest absolute Gasteiger partial charge is 0.144 e. The van der Waals surface area contributed by atoms with Crippen molar-refractivity contribution < 1.29 is 4.42 Å². The summed E-state index contributed by atoms with van der Waals surface area (Å²) in [4.78, 5) is 7.46. The molecular weight excluding hydrogens is 276 g/mol. The molecule has 0 aliphatic rings. The molecule has 0 unspecified atom stereocenters. The lowest BCUT2D eigenvalue weighted by Gasteiger charge is -2.03. The van der Waals surface area contributed by atoms with E-state index in [0.717, 1.165) is 27.3 Å². The molecule has 2 heterocycles. The fourth-order valence-corrected chi connectivity index (χ4v) is 1.76. The van der Waals surface area contributed by atoms with Crippen LogP contribution in [0.25, 0.3) is 11.4 Å². The summed E-state index contributed by atoms with van der Waals surface area (Å²) in [6.45, 7) is 3.84. The van der Waals surface area contributed by atoms with E-state index in [1.165, 1.54) is 0 Å². The Morgan fingerprint density at radius 1 is 1.47 bits per heavy atom. The number of rotatable bonds is 1. The molecule has 2 rings (SSSR count). The third-order valence-corrected chi connectivity index (χ3v) is 3.68. The molecule has 0 radical (unpaired) electrons. The first-order valence-corrected chi connectivity index (χ1v) is 5.60. The molecule has 2 aromatic rings. The lowest BCUT2D eigenvalue weighted by Crippen LogP contribution is -1.94. The minimum atomic E-state index is 0.557. The summed E-state index contributed by atoms with van der Waals surface area (Å²) in [7, 11) is 0. The van der Waals surface area contributed by atoms with E-state index < -0.39 is 0 Å². The highest BCUT2D eigenvalue weighted by molar-refractivity contribution is 9.10. The Hall–Kier alpha value is -0.940. The van der Waals surface area contributed by atoms with E-state index in [1.54, 1.807) is 6.26 Å². The number of H-pyrrole nitrogens is 1. The minimum absolute atomic E-state index is 0.557. The topological polar surface area (TPSA) is 41.8 Å². The predicted molar refractivity (Wildman–Crippen MR) is 64.3 cm³/mol. The van der Waals surface area contributed by atoms with Gasteiger partial charge in [-0.3, -0.25) is 0 Å². The van der Waals surface area contributed by atoms with Gasteiger partial charge in [0.15, 0.2) is 0 Å². The molecule has 0 saturated heterocycles. The van der Waals surface area contributed by atoms with Gasteiger partial charge in [0.1, 0.15) is 16.2 Å². The number of hydrogen-bond donors (Lipinski definition) is 1. The van der Waals surface area contributed by atoms with Crippen molar-refractivity contribution in [2.45, 2.75) is 13.8 Å². The summed E-state index contributed by atoms with van der Waals surface area (Å²) in [5, 5.41) is 0. The Labute approximate surface area is 101 Å². The number of halogens is 1. The van der Waals surface area contributed by atoms with E-state index in [1.807, 2.05) is 19.9 Å². The average Bonchev–Trinajstić information content (AvgIpc) is 2.60. The van der Waals surface area contributed by atoms with Crippen molar-refractivity contribution in [2.24, 2.45) is 0 Å². The van der Waals surface area contributed by atoms with Gasteiger partial charge in [-0.25, -0.2) is 4.98 Å². The van der Waals surface area contributed by atoms with Crippen LogP contribution in [0, 0.1) is 18.5 Å². The second kappa shape index (κ2) is 3.90. The summed E-state index contributed by atoms with van der Waals surface area (Å²) >= 11 is 8.51. The van der Waals surface area contributed by atoms with Gasteiger partial charge < -0.3 is 9.40 Å². The van der Waals surface area contributed by atoms with E-state index in [2.05, 4.69) is 25.9 Å². The molecule has 0 aliphatic carbocycles. The van der Waals surface area contributed by atoms with Gasteiger partial charge >= 0.3 is 0 Å². The maximum Gasteiger partial charge on any atom is 0.144 e. The Kier molecular flexibility index (Phi) is 2.75. The number of nitrogens with zero attached hydrogens (tertiary/aromatic N) is 1. The molecule has 78 valence electrons. The number of aromatic nitrogens is 2. The Morgan fingerprint density at radius 2 is 2.20 bits per heavy atom. The number of aryl methyl sites for hydroxylation is 2. The van der Waals surface area contributed by atoms with Crippen molar-refractivity contribution in [3.8, 4) is 11.4 Å². The quantitative estimate of drug-likeness (QED) is 0.811. The number of aromatic amines is 1. The lowest BCUT2D eigenvalue weighted by atomic mass is 10.2. The van der Waals surface area contributed by atoms with E-state index in [9.17, 15) is 0 Å². The SMILES string of the molecule is Cc1[nH]c(-c2ccoc2C)nc(=S)c1Br. The van der Waals surface area contributed by atoms with Crippen LogP contribution in [-0.2, 0) is 0 Å². The van der Waals surface area contributed by atoms with Gasteiger partial charge in [-0.1, -0.05) is 12.2 Å². The van der Waals surface area contributed by atoms with Crippen LogP contribution in [0.2, 0.25) is 0 Å². The van der Waals surface area contributed by atoms with Gasteiger partial charge in [0, 0.05) is 5.69 Å². The van der Waals surface area contributed by atoms with Crippen molar-refractivity contribution >= 4 is 28.1 Å². The van der Waals surface area contributed by atoms with Crippen LogP contribution in [0.15, 0.2) is 21.2 Å². The van der Waals surface area contributed by atoms with Crippen LogP contribution >= 0.6 is 28.1 Å². The first-order valence-electron chi connectivity index (χ1n) is 4.40. The molecule has 0 atom stereocenters. The molecular formula is C10H9BrN2OS. The second-order valence-electron chi connectivity index (χ2n) is 3.22. The highest BCUT2D eigenvalue weighted by Gasteiger charge is 2.08. The summed E-state index contributed by atoms with van der Waals surface area (Å²) in [6, 6.07) is 1.87. The molecule has 1 N–H and O–H groups in total. The van der Waals surface area contributed by atoms with Crippen molar-refractivity contribution in [3.63, 3.8) is 0 Å². The maximum atomic E-state index is 5.22. The highest BCUT2D eigenvalue weighted by Crippen LogP contribution is 2.23. The lowest BCUT2D eigenvalue weighted by molar-refractivity contribution is 0.535. The molecule has 5 heteroatoms. The molecule has 0 amide bonds. The van der Waals surface area contributed by atoms with Crippen LogP contribution < -0.4 is 0 Å². The molecule has 0 aromatic carbocycles. The van der Waals surface area contributed by atoms with Crippen LogP contribution in [0.3, 0.4) is 0 Å². The third-order valence-electron chi connectivity index (χ3n) is 2.15. The average molecular weight is 285 g/mol. The Balaban J connectivity index is 2.66. The first kappa shape index (κ1) is 10.6. The third kappa shape index (κ3) is 1.89. The summed E-state index contributed by atoms with van der Waals surface area (Å²) in [5.41, 5.74) is 1.90. The Morgan fingerprint density at radius 3 is 2.73 bits per heavy atom. The summed E-state index contributed by atoms with van der Waals surface area (Å²) in [5.74, 6) is 1.57. The summed E-state index contributed by atoms with van der Waals surface area (Å²) < 4.78 is 6.62. The molecule has 0 bridgehead atoms. The van der Waals surface area contributed by atoms with E-state index in [4.69, 9.17) is 16.6 Å². The molecule has 0 saturated carbocycles. The van der Waals surface area contributed by atoms with Gasteiger partial charge in [-0.05, 0) is 35.8 Å². The van der Waals surface area contributed by atoms with Crippen molar-refractivity contribution in [1.82, 2.24) is 9.97 Å². The predicted octanol–water partition coefficient (Wildman–Crippen LogP) is 3.78. The van der Waals surface area contributed by atoms with Crippen LogP contribution in [0.4, 0.5) is 0 Å². The van der Waals surface area contributed by atoms with Crippen LogP contribution in [-0.4, -0.2) is 9.97 Å². The standard InChI is InChI=1S/C10H9BrN2OS/c1-5-8(11)10(15)13-9(12-5)7-3-4-14-6(7)2/h3-4H,1-2H3,(H,12,13,15). The molecule has 0 spiro atoms. The van der Waals surface area contributed by atoms with Gasteiger partial charge in [-0.2, -0.15) is 0 Å².